The van der Waals surface area contributed by atoms with Gasteiger partial charge in [-0.3, -0.25) is 0 Å². The fraction of sp³-hybridized carbons (Fsp3) is 0.800. The highest BCUT2D eigenvalue weighted by Gasteiger charge is 2.17. The first-order valence-electron chi connectivity index (χ1n) is 4.66. The number of nitrogens with one attached hydrogen (secondary N) is 1. The van der Waals surface area contributed by atoms with Crippen LogP contribution in [-0.2, 0) is 0 Å². The topological polar surface area (TPSA) is 38.0 Å². The average Bonchev–Trinajstić information content (AvgIpc) is 2.30. The van der Waals surface area contributed by atoms with Crippen LogP contribution in [-0.4, -0.2) is 18.1 Å². The zero-order chi connectivity index (χ0) is 9.19. The van der Waals surface area contributed by atoms with Crippen LogP contribution >= 0.6 is 0 Å². The molecule has 0 saturated heterocycles. The Hall–Kier alpha value is -0.340. The molecule has 1 aliphatic carbocycles. The summed E-state index contributed by atoms with van der Waals surface area (Å²) in [5.41, 5.74) is 5.97. The van der Waals surface area contributed by atoms with Gasteiger partial charge in [0.25, 0.3) is 0 Å². The summed E-state index contributed by atoms with van der Waals surface area (Å²) in [5, 5.41) is 3.48. The van der Waals surface area contributed by atoms with Crippen molar-refractivity contribution in [2.24, 2.45) is 11.7 Å². The number of hydrogen-bond acceptors (Lipinski definition) is 2. The van der Waals surface area contributed by atoms with Gasteiger partial charge in [0.05, 0.1) is 0 Å². The van der Waals surface area contributed by atoms with Crippen LogP contribution < -0.4 is 11.1 Å². The second-order valence-corrected chi connectivity index (χ2v) is 4.68. The van der Waals surface area contributed by atoms with Crippen molar-refractivity contribution in [1.82, 2.24) is 5.32 Å². The molecule has 0 saturated carbocycles. The van der Waals surface area contributed by atoms with E-state index in [1.54, 1.807) is 0 Å². The molecule has 3 N–H and O–H groups in total. The van der Waals surface area contributed by atoms with Crippen molar-refractivity contribution in [3.8, 4) is 0 Å². The Morgan fingerprint density at radius 2 is 2.08 bits per heavy atom. The number of hydrogen-bond donors (Lipinski definition) is 2. The van der Waals surface area contributed by atoms with Crippen LogP contribution in [0.15, 0.2) is 12.2 Å². The Bertz CT molecular complexity index is 167. The van der Waals surface area contributed by atoms with Crippen LogP contribution in [0.2, 0.25) is 0 Å². The highest BCUT2D eigenvalue weighted by molar-refractivity contribution is 5.05. The van der Waals surface area contributed by atoms with E-state index >= 15 is 0 Å². The maximum absolute atomic E-state index is 5.75. The molecule has 0 heterocycles. The molecule has 0 amide bonds. The monoisotopic (exact) mass is 168 g/mol. The molecule has 0 bridgehead atoms. The molecule has 1 aliphatic rings. The van der Waals surface area contributed by atoms with Gasteiger partial charge in [-0.1, -0.05) is 12.2 Å². The zero-order valence-electron chi connectivity index (χ0n) is 8.30. The van der Waals surface area contributed by atoms with Crippen LogP contribution in [0.3, 0.4) is 0 Å². The zero-order valence-corrected chi connectivity index (χ0v) is 8.30. The summed E-state index contributed by atoms with van der Waals surface area (Å²) in [5.74, 6) is 0.638. The van der Waals surface area contributed by atoms with Crippen molar-refractivity contribution in [1.29, 1.82) is 0 Å². The number of nitrogens with two attached hydrogens (primary N) is 1. The summed E-state index contributed by atoms with van der Waals surface area (Å²) >= 11 is 0. The number of rotatable bonds is 2. The second kappa shape index (κ2) is 3.58. The lowest BCUT2D eigenvalue weighted by Crippen LogP contribution is -2.38. The van der Waals surface area contributed by atoms with Gasteiger partial charge in [0.1, 0.15) is 0 Å². The van der Waals surface area contributed by atoms with Gasteiger partial charge in [-0.15, -0.1) is 0 Å². The van der Waals surface area contributed by atoms with E-state index in [1.165, 1.54) is 0 Å². The smallest absolute Gasteiger partial charge is 0.0229 e. The summed E-state index contributed by atoms with van der Waals surface area (Å²) in [7, 11) is 0. The third-order valence-corrected chi connectivity index (χ3v) is 2.10. The highest BCUT2D eigenvalue weighted by Crippen LogP contribution is 2.16. The average molecular weight is 168 g/mol. The Morgan fingerprint density at radius 3 is 2.50 bits per heavy atom. The first-order chi connectivity index (χ1) is 5.47. The van der Waals surface area contributed by atoms with Gasteiger partial charge in [-0.05, 0) is 33.1 Å². The van der Waals surface area contributed by atoms with E-state index in [0.717, 1.165) is 13.0 Å². The Balaban J connectivity index is 2.21. The molecule has 0 aliphatic heterocycles. The molecule has 0 aromatic rings. The standard InChI is InChI=1S/C10H20N2/c1-10(2,3)12-7-8-4-5-9(11)6-8/h4-5,8-9,12H,6-7,11H2,1-3H3. The lowest BCUT2D eigenvalue weighted by molar-refractivity contribution is 0.391. The Labute approximate surface area is 75.2 Å². The summed E-state index contributed by atoms with van der Waals surface area (Å²) in [6.07, 6.45) is 5.43. The van der Waals surface area contributed by atoms with Gasteiger partial charge in [0.2, 0.25) is 0 Å². The van der Waals surface area contributed by atoms with E-state index in [1.807, 2.05) is 0 Å². The second-order valence-electron chi connectivity index (χ2n) is 4.68. The first-order valence-corrected chi connectivity index (χ1v) is 4.66. The highest BCUT2D eigenvalue weighted by atomic mass is 14.9. The van der Waals surface area contributed by atoms with E-state index in [9.17, 15) is 0 Å². The molecule has 2 unspecified atom stereocenters. The third kappa shape index (κ3) is 3.37. The summed E-state index contributed by atoms with van der Waals surface area (Å²) < 4.78 is 0. The van der Waals surface area contributed by atoms with Crippen LogP contribution in [0.5, 0.6) is 0 Å². The molecule has 0 spiro atoms. The minimum atomic E-state index is 0.223. The van der Waals surface area contributed by atoms with Crippen molar-refractivity contribution < 1.29 is 0 Å². The van der Waals surface area contributed by atoms with Gasteiger partial charge < -0.3 is 11.1 Å². The molecule has 0 aromatic heterocycles. The van der Waals surface area contributed by atoms with E-state index in [0.29, 0.717) is 5.92 Å². The predicted molar refractivity (Wildman–Crippen MR) is 53.0 cm³/mol. The maximum Gasteiger partial charge on any atom is 0.0229 e. The van der Waals surface area contributed by atoms with Gasteiger partial charge in [-0.2, -0.15) is 0 Å². The molecular formula is C10H20N2. The van der Waals surface area contributed by atoms with Crippen LogP contribution in [0.4, 0.5) is 0 Å². The van der Waals surface area contributed by atoms with Gasteiger partial charge >= 0.3 is 0 Å². The van der Waals surface area contributed by atoms with Crippen molar-refractivity contribution in [3.05, 3.63) is 12.2 Å². The first kappa shape index (κ1) is 9.75. The minimum absolute atomic E-state index is 0.223. The Kier molecular flexibility index (Phi) is 2.91. The molecule has 2 heteroatoms. The molecule has 0 aromatic carbocycles. The third-order valence-electron chi connectivity index (χ3n) is 2.10. The summed E-state index contributed by atoms with van der Waals surface area (Å²) in [6, 6.07) is 0.289. The van der Waals surface area contributed by atoms with E-state index in [4.69, 9.17) is 5.73 Å². The quantitative estimate of drug-likeness (QED) is 0.610. The summed E-state index contributed by atoms with van der Waals surface area (Å²) in [6.45, 7) is 7.61. The molecule has 2 atom stereocenters. The maximum atomic E-state index is 5.75. The molecule has 0 radical (unpaired) electrons. The van der Waals surface area contributed by atoms with Crippen molar-refractivity contribution in [3.63, 3.8) is 0 Å². The predicted octanol–water partition coefficient (Wildman–Crippen LogP) is 1.28. The van der Waals surface area contributed by atoms with Crippen molar-refractivity contribution in [2.45, 2.75) is 38.8 Å². The van der Waals surface area contributed by atoms with E-state index < -0.39 is 0 Å². The van der Waals surface area contributed by atoms with Gasteiger partial charge in [0.15, 0.2) is 0 Å². The lowest BCUT2D eigenvalue weighted by Gasteiger charge is -2.22. The largest absolute Gasteiger partial charge is 0.324 e. The van der Waals surface area contributed by atoms with Crippen molar-refractivity contribution >= 4 is 0 Å². The minimum Gasteiger partial charge on any atom is -0.324 e. The molecule has 12 heavy (non-hydrogen) atoms. The van der Waals surface area contributed by atoms with Crippen LogP contribution in [0.1, 0.15) is 27.2 Å². The molecule has 70 valence electrons. The fourth-order valence-electron chi connectivity index (χ4n) is 1.40. The van der Waals surface area contributed by atoms with Crippen LogP contribution in [0.25, 0.3) is 0 Å². The van der Waals surface area contributed by atoms with Gasteiger partial charge in [-0.25, -0.2) is 0 Å². The molecular weight excluding hydrogens is 148 g/mol. The van der Waals surface area contributed by atoms with Crippen LogP contribution in [0, 0.1) is 5.92 Å². The molecule has 0 fully saturated rings. The van der Waals surface area contributed by atoms with Crippen molar-refractivity contribution in [2.75, 3.05) is 6.54 Å². The lowest BCUT2D eigenvalue weighted by atomic mass is 10.0. The fourth-order valence-corrected chi connectivity index (χ4v) is 1.40. The molecule has 1 rings (SSSR count). The van der Waals surface area contributed by atoms with E-state index in [2.05, 4.69) is 38.2 Å². The van der Waals surface area contributed by atoms with Gasteiger partial charge in [0, 0.05) is 18.1 Å². The normalized spacial score (nSPS) is 29.7. The molecule has 2 nitrogen and oxygen atoms in total. The summed E-state index contributed by atoms with van der Waals surface area (Å²) in [4.78, 5) is 0. The SMILES string of the molecule is CC(C)(C)NCC1C=CC(N)C1. The Morgan fingerprint density at radius 1 is 1.42 bits per heavy atom. The van der Waals surface area contributed by atoms with E-state index in [-0.39, 0.29) is 11.6 Å².